The molecule has 0 aliphatic carbocycles. The first-order valence-corrected chi connectivity index (χ1v) is 4.26. The van der Waals surface area contributed by atoms with Gasteiger partial charge in [0.05, 0.1) is 5.92 Å². The Morgan fingerprint density at radius 2 is 2.33 bits per heavy atom. The number of allylic oxidation sites excluding steroid dienone is 1. The minimum Gasteiger partial charge on any atom is -0.481 e. The minimum absolute atomic E-state index is 0.184. The van der Waals surface area contributed by atoms with Crippen LogP contribution in [0.1, 0.15) is 20.3 Å². The second-order valence-electron chi connectivity index (χ2n) is 3.30. The Kier molecular flexibility index (Phi) is 2.74. The number of likely N-dealkylation sites (tertiary alicyclic amines) is 1. The van der Waals surface area contributed by atoms with Crippen molar-refractivity contribution >= 4 is 5.97 Å². The summed E-state index contributed by atoms with van der Waals surface area (Å²) in [6.45, 7) is 4.66. The third-order valence-electron chi connectivity index (χ3n) is 2.31. The molecule has 2 atom stereocenters. The topological polar surface area (TPSA) is 40.5 Å². The first kappa shape index (κ1) is 9.10. The summed E-state index contributed by atoms with van der Waals surface area (Å²) >= 11 is 0. The number of rotatable bonds is 2. The van der Waals surface area contributed by atoms with Crippen molar-refractivity contribution < 1.29 is 9.90 Å². The highest BCUT2D eigenvalue weighted by molar-refractivity contribution is 5.70. The van der Waals surface area contributed by atoms with E-state index in [1.165, 1.54) is 0 Å². The van der Waals surface area contributed by atoms with E-state index in [0.29, 0.717) is 12.6 Å². The lowest BCUT2D eigenvalue weighted by Crippen LogP contribution is -2.21. The van der Waals surface area contributed by atoms with Gasteiger partial charge in [0.1, 0.15) is 0 Å². The van der Waals surface area contributed by atoms with Crippen LogP contribution in [0, 0.1) is 5.92 Å². The summed E-state index contributed by atoms with van der Waals surface area (Å²) in [4.78, 5) is 12.7. The second-order valence-corrected chi connectivity index (χ2v) is 3.30. The van der Waals surface area contributed by atoms with Gasteiger partial charge in [-0.3, -0.25) is 4.79 Å². The van der Waals surface area contributed by atoms with Gasteiger partial charge < -0.3 is 10.0 Å². The molecule has 1 N–H and O–H groups in total. The highest BCUT2D eigenvalue weighted by atomic mass is 16.4. The number of nitrogens with zero attached hydrogens (tertiary/aromatic N) is 1. The fourth-order valence-corrected chi connectivity index (χ4v) is 1.63. The van der Waals surface area contributed by atoms with Crippen LogP contribution >= 0.6 is 0 Å². The van der Waals surface area contributed by atoms with Crippen LogP contribution in [0.15, 0.2) is 12.3 Å². The van der Waals surface area contributed by atoms with E-state index >= 15 is 0 Å². The number of aliphatic carboxylic acids is 1. The Morgan fingerprint density at radius 1 is 1.67 bits per heavy atom. The second kappa shape index (κ2) is 3.61. The molecule has 1 aliphatic rings. The van der Waals surface area contributed by atoms with E-state index in [-0.39, 0.29) is 5.92 Å². The molecule has 0 amide bonds. The molecule has 1 aliphatic heterocycles. The molecular weight excluding hydrogens is 154 g/mol. The molecule has 0 aromatic heterocycles. The average Bonchev–Trinajstić information content (AvgIpc) is 2.34. The average molecular weight is 169 g/mol. The Balaban J connectivity index is 2.55. The largest absolute Gasteiger partial charge is 0.481 e. The van der Waals surface area contributed by atoms with Crippen LogP contribution in [0.2, 0.25) is 0 Å². The molecule has 0 saturated carbocycles. The number of carbonyl (C=O) groups is 1. The molecule has 1 fully saturated rings. The number of carboxylic acids is 1. The smallest absolute Gasteiger partial charge is 0.308 e. The van der Waals surface area contributed by atoms with Gasteiger partial charge in [-0.1, -0.05) is 6.08 Å². The van der Waals surface area contributed by atoms with Crippen LogP contribution in [0.4, 0.5) is 0 Å². The molecule has 3 heteroatoms. The van der Waals surface area contributed by atoms with Crippen LogP contribution in [-0.2, 0) is 4.79 Å². The molecule has 68 valence electrons. The van der Waals surface area contributed by atoms with Crippen LogP contribution < -0.4 is 0 Å². The zero-order valence-corrected chi connectivity index (χ0v) is 7.53. The zero-order chi connectivity index (χ0) is 9.14. The first-order valence-electron chi connectivity index (χ1n) is 4.26. The van der Waals surface area contributed by atoms with Crippen molar-refractivity contribution in [2.45, 2.75) is 26.3 Å². The first-order chi connectivity index (χ1) is 5.65. The van der Waals surface area contributed by atoms with Gasteiger partial charge in [-0.05, 0) is 26.5 Å². The van der Waals surface area contributed by atoms with Gasteiger partial charge in [0.25, 0.3) is 0 Å². The van der Waals surface area contributed by atoms with Crippen molar-refractivity contribution in [3.63, 3.8) is 0 Å². The van der Waals surface area contributed by atoms with E-state index in [1.807, 2.05) is 19.2 Å². The Labute approximate surface area is 72.7 Å². The maximum absolute atomic E-state index is 10.6. The van der Waals surface area contributed by atoms with Crippen LogP contribution in [-0.4, -0.2) is 28.6 Å². The highest BCUT2D eigenvalue weighted by Crippen LogP contribution is 2.22. The van der Waals surface area contributed by atoms with Crippen molar-refractivity contribution in [3.05, 3.63) is 12.3 Å². The molecule has 1 rings (SSSR count). The number of carboxylic acid groups (broad SMARTS) is 1. The fraction of sp³-hybridized carbons (Fsp3) is 0.667. The summed E-state index contributed by atoms with van der Waals surface area (Å²) in [7, 11) is 0. The zero-order valence-electron chi connectivity index (χ0n) is 7.53. The van der Waals surface area contributed by atoms with E-state index in [1.54, 1.807) is 0 Å². The summed E-state index contributed by atoms with van der Waals surface area (Å²) in [5.41, 5.74) is 0. The number of hydrogen-bond donors (Lipinski definition) is 1. The monoisotopic (exact) mass is 169 g/mol. The van der Waals surface area contributed by atoms with E-state index in [4.69, 9.17) is 5.11 Å². The molecule has 3 nitrogen and oxygen atoms in total. The molecular formula is C9H15NO2. The van der Waals surface area contributed by atoms with Gasteiger partial charge in [0.2, 0.25) is 0 Å². The van der Waals surface area contributed by atoms with Gasteiger partial charge in [0.15, 0.2) is 0 Å². The highest BCUT2D eigenvalue weighted by Gasteiger charge is 2.31. The van der Waals surface area contributed by atoms with Crippen molar-refractivity contribution in [1.29, 1.82) is 0 Å². The molecule has 0 unspecified atom stereocenters. The lowest BCUT2D eigenvalue weighted by molar-refractivity contribution is -0.141. The van der Waals surface area contributed by atoms with Crippen molar-refractivity contribution in [1.82, 2.24) is 4.90 Å². The van der Waals surface area contributed by atoms with Crippen LogP contribution in [0.25, 0.3) is 0 Å². The van der Waals surface area contributed by atoms with Gasteiger partial charge in [-0.2, -0.15) is 0 Å². The Morgan fingerprint density at radius 3 is 2.75 bits per heavy atom. The van der Waals surface area contributed by atoms with Gasteiger partial charge >= 0.3 is 5.97 Å². The minimum atomic E-state index is -0.672. The molecule has 1 saturated heterocycles. The predicted molar refractivity (Wildman–Crippen MR) is 46.7 cm³/mol. The maximum atomic E-state index is 10.6. The lowest BCUT2D eigenvalue weighted by atomic mass is 10.1. The van der Waals surface area contributed by atoms with Crippen LogP contribution in [0.5, 0.6) is 0 Å². The van der Waals surface area contributed by atoms with Gasteiger partial charge in [0, 0.05) is 12.6 Å². The van der Waals surface area contributed by atoms with Gasteiger partial charge in [-0.25, -0.2) is 0 Å². The molecule has 0 aromatic carbocycles. The predicted octanol–water partition coefficient (Wildman–Crippen LogP) is 1.31. The summed E-state index contributed by atoms with van der Waals surface area (Å²) in [5.74, 6) is -0.856. The molecule has 0 radical (unpaired) electrons. The molecule has 12 heavy (non-hydrogen) atoms. The quantitative estimate of drug-likeness (QED) is 0.677. The normalized spacial score (nSPS) is 30.0. The molecule has 1 heterocycles. The molecule has 0 bridgehead atoms. The Hall–Kier alpha value is -0.990. The summed E-state index contributed by atoms with van der Waals surface area (Å²) < 4.78 is 0. The van der Waals surface area contributed by atoms with Crippen LogP contribution in [0.3, 0.4) is 0 Å². The lowest BCUT2D eigenvalue weighted by Gasteiger charge is -2.17. The third kappa shape index (κ3) is 1.78. The van der Waals surface area contributed by atoms with E-state index in [9.17, 15) is 4.79 Å². The van der Waals surface area contributed by atoms with Crippen molar-refractivity contribution in [3.8, 4) is 0 Å². The van der Waals surface area contributed by atoms with Crippen molar-refractivity contribution in [2.75, 3.05) is 6.54 Å². The standard InChI is InChI=1S/C9H15NO2/c1-3-4-10-6-8(9(11)12)5-7(10)2/h3-4,7-8H,5-6H2,1-2H3,(H,11,12)/b4-3+/t7-,8-/m1/s1. The Bertz CT molecular complexity index is 201. The SMILES string of the molecule is C/C=C/N1C[C@H](C(=O)O)C[C@H]1C. The summed E-state index contributed by atoms with van der Waals surface area (Å²) in [5, 5.41) is 8.77. The van der Waals surface area contributed by atoms with E-state index in [2.05, 4.69) is 11.8 Å². The molecule has 0 aromatic rings. The fourth-order valence-electron chi connectivity index (χ4n) is 1.63. The van der Waals surface area contributed by atoms with E-state index < -0.39 is 5.97 Å². The number of hydrogen-bond acceptors (Lipinski definition) is 2. The van der Waals surface area contributed by atoms with Gasteiger partial charge in [-0.15, -0.1) is 0 Å². The summed E-state index contributed by atoms with van der Waals surface area (Å²) in [6.07, 6.45) is 4.67. The third-order valence-corrected chi connectivity index (χ3v) is 2.31. The molecule has 0 spiro atoms. The maximum Gasteiger partial charge on any atom is 0.308 e. The van der Waals surface area contributed by atoms with E-state index in [0.717, 1.165) is 6.42 Å². The summed E-state index contributed by atoms with van der Waals surface area (Å²) in [6, 6.07) is 0.363. The van der Waals surface area contributed by atoms with Crippen molar-refractivity contribution in [2.24, 2.45) is 5.92 Å².